The highest BCUT2D eigenvalue weighted by molar-refractivity contribution is 5.45. The lowest BCUT2D eigenvalue weighted by atomic mass is 9.78. The van der Waals surface area contributed by atoms with Gasteiger partial charge in [-0.25, -0.2) is 19.9 Å². The molecule has 65 heavy (non-hydrogen) atoms. The average molecular weight is 883 g/mol. The zero-order valence-electron chi connectivity index (χ0n) is 41.9. The van der Waals surface area contributed by atoms with Crippen LogP contribution in [0.3, 0.4) is 0 Å². The highest BCUT2D eigenvalue weighted by atomic mass is 16.5. The van der Waals surface area contributed by atoms with Crippen molar-refractivity contribution in [2.45, 2.75) is 245 Å². The molecule has 0 amide bonds. The fourth-order valence-electron chi connectivity index (χ4n) is 10.8. The number of hydrogen-bond donors (Lipinski definition) is 0. The third-order valence-corrected chi connectivity index (χ3v) is 15.1. The van der Waals surface area contributed by atoms with Crippen molar-refractivity contribution >= 4 is 0 Å². The molecule has 0 aliphatic heterocycles. The van der Waals surface area contributed by atoms with E-state index < -0.39 is 0 Å². The first-order chi connectivity index (χ1) is 32.0. The zero-order valence-corrected chi connectivity index (χ0v) is 41.9. The molecular weight excluding hydrogens is 793 g/mol. The van der Waals surface area contributed by atoms with Gasteiger partial charge in [-0.2, -0.15) is 0 Å². The van der Waals surface area contributed by atoms with Crippen LogP contribution in [-0.4, -0.2) is 19.9 Å². The molecule has 2 aliphatic rings. The second-order valence-corrected chi connectivity index (χ2v) is 20.7. The van der Waals surface area contributed by atoms with Crippen LogP contribution >= 0.6 is 0 Å². The Morgan fingerprint density at radius 2 is 0.723 bits per heavy atom. The summed E-state index contributed by atoms with van der Waals surface area (Å²) < 4.78 is 7.12. The van der Waals surface area contributed by atoms with Gasteiger partial charge in [0.05, 0.1) is 0 Å². The number of hydrogen-bond acceptors (Lipinski definition) is 5. The Morgan fingerprint density at radius 1 is 0.385 bits per heavy atom. The molecule has 5 heteroatoms. The van der Waals surface area contributed by atoms with Crippen LogP contribution in [-0.2, 0) is 38.5 Å². The number of aromatic nitrogens is 4. The van der Waals surface area contributed by atoms with Crippen LogP contribution in [0, 0.1) is 11.8 Å². The summed E-state index contributed by atoms with van der Waals surface area (Å²) in [5.41, 5.74) is 8.29. The topological polar surface area (TPSA) is 60.8 Å². The van der Waals surface area contributed by atoms with E-state index in [1.165, 1.54) is 200 Å². The van der Waals surface area contributed by atoms with Gasteiger partial charge in [-0.15, -0.1) is 0 Å². The smallest absolute Gasteiger partial charge is 0.131 e. The van der Waals surface area contributed by atoms with Gasteiger partial charge in [0.2, 0.25) is 0 Å². The fourth-order valence-corrected chi connectivity index (χ4v) is 10.8. The van der Waals surface area contributed by atoms with Crippen LogP contribution < -0.4 is 4.74 Å². The third-order valence-electron chi connectivity index (χ3n) is 15.1. The molecule has 2 aromatic heterocycles. The Kier molecular flexibility index (Phi) is 22.8. The van der Waals surface area contributed by atoms with E-state index in [1.807, 2.05) is 0 Å². The van der Waals surface area contributed by atoms with Crippen molar-refractivity contribution in [2.75, 3.05) is 0 Å². The van der Waals surface area contributed by atoms with Gasteiger partial charge in [-0.05, 0) is 173 Å². The lowest BCUT2D eigenvalue weighted by Gasteiger charge is -2.29. The van der Waals surface area contributed by atoms with Crippen molar-refractivity contribution in [2.24, 2.45) is 11.8 Å². The normalized spacial score (nSPS) is 18.8. The van der Waals surface area contributed by atoms with Gasteiger partial charge < -0.3 is 4.74 Å². The maximum absolute atomic E-state index is 7.12. The SMILES string of the molecule is CCCCCCCCCc1cnc(C2CCC(Cc3cc(CCCC)ccc3Oc3ccc(CCCC)cc3CC3CCC(c4ncc(CCCCCCCCC)cn4)CC3)CC2)nc1. The number of benzene rings is 2. The fraction of sp³-hybridized carbons (Fsp3) is 0.667. The average Bonchev–Trinajstić information content (AvgIpc) is 3.34. The molecule has 2 fully saturated rings. The first-order valence-corrected chi connectivity index (χ1v) is 27.6. The molecule has 2 aliphatic carbocycles. The molecule has 0 radical (unpaired) electrons. The maximum atomic E-state index is 7.12. The molecule has 2 aromatic carbocycles. The van der Waals surface area contributed by atoms with Crippen LogP contribution in [0.5, 0.6) is 11.5 Å². The lowest BCUT2D eigenvalue weighted by molar-refractivity contribution is 0.312. The van der Waals surface area contributed by atoms with Crippen molar-refractivity contribution in [1.29, 1.82) is 0 Å². The molecule has 0 atom stereocenters. The van der Waals surface area contributed by atoms with E-state index in [1.54, 1.807) is 0 Å². The summed E-state index contributed by atoms with van der Waals surface area (Å²) >= 11 is 0. The first-order valence-electron chi connectivity index (χ1n) is 27.6. The van der Waals surface area contributed by atoms with E-state index in [9.17, 15) is 0 Å². The number of aryl methyl sites for hydroxylation is 4. The van der Waals surface area contributed by atoms with E-state index >= 15 is 0 Å². The highest BCUT2D eigenvalue weighted by Crippen LogP contribution is 2.41. The van der Waals surface area contributed by atoms with Crippen LogP contribution in [0.15, 0.2) is 61.2 Å². The maximum Gasteiger partial charge on any atom is 0.131 e. The van der Waals surface area contributed by atoms with Crippen molar-refractivity contribution in [3.05, 3.63) is 106 Å². The number of unbranched alkanes of at least 4 members (excludes halogenated alkanes) is 14. The molecule has 2 heterocycles. The van der Waals surface area contributed by atoms with Gasteiger partial charge in [0, 0.05) is 36.6 Å². The summed E-state index contributed by atoms with van der Waals surface area (Å²) in [7, 11) is 0. The van der Waals surface area contributed by atoms with Crippen molar-refractivity contribution in [1.82, 2.24) is 19.9 Å². The molecule has 4 aromatic rings. The van der Waals surface area contributed by atoms with Crippen molar-refractivity contribution < 1.29 is 4.74 Å². The Balaban J connectivity index is 1.04. The molecule has 5 nitrogen and oxygen atoms in total. The van der Waals surface area contributed by atoms with Crippen LogP contribution in [0.2, 0.25) is 0 Å². The first kappa shape index (κ1) is 50.8. The largest absolute Gasteiger partial charge is 0.457 e. The van der Waals surface area contributed by atoms with E-state index in [2.05, 4.69) is 88.9 Å². The van der Waals surface area contributed by atoms with Crippen molar-refractivity contribution in [3.8, 4) is 11.5 Å². The van der Waals surface area contributed by atoms with E-state index in [-0.39, 0.29) is 0 Å². The van der Waals surface area contributed by atoms with Crippen molar-refractivity contribution in [3.63, 3.8) is 0 Å². The Labute approximate surface area is 397 Å². The van der Waals surface area contributed by atoms with Crippen LogP contribution in [0.1, 0.15) is 252 Å². The molecule has 0 spiro atoms. The summed E-state index contributed by atoms with van der Waals surface area (Å²) in [5.74, 6) is 6.52. The molecule has 2 saturated carbocycles. The van der Waals surface area contributed by atoms with Gasteiger partial charge >= 0.3 is 0 Å². The number of nitrogens with zero attached hydrogens (tertiary/aromatic N) is 4. The van der Waals surface area contributed by atoms with Gasteiger partial charge in [0.1, 0.15) is 23.1 Å². The number of rotatable bonds is 30. The Bertz CT molecular complexity index is 1740. The summed E-state index contributed by atoms with van der Waals surface area (Å²) in [4.78, 5) is 19.7. The Morgan fingerprint density at radius 3 is 1.09 bits per heavy atom. The monoisotopic (exact) mass is 883 g/mol. The summed E-state index contributed by atoms with van der Waals surface area (Å²) in [6.07, 6.45) is 48.4. The van der Waals surface area contributed by atoms with Gasteiger partial charge in [-0.3, -0.25) is 0 Å². The minimum atomic E-state index is 0.479. The molecule has 0 N–H and O–H groups in total. The van der Waals surface area contributed by atoms with E-state index in [4.69, 9.17) is 24.7 Å². The molecule has 356 valence electrons. The number of ether oxygens (including phenoxy) is 1. The molecule has 0 saturated heterocycles. The van der Waals surface area contributed by atoms with Gasteiger partial charge in [0.15, 0.2) is 0 Å². The lowest BCUT2D eigenvalue weighted by Crippen LogP contribution is -2.18. The standard InChI is InChI=1S/C60H90N4O/c1-5-9-13-15-17-19-21-25-51-43-61-59(62-44-51)53-33-27-49(28-34-53)41-55-39-47(23-11-7-3)31-37-57(55)65-58-38-32-48(24-12-8-4)40-56(58)42-50-29-35-54(36-30-50)60-63-45-52(46-64-60)26-22-20-18-16-14-10-6-2/h31-32,37-40,43-46,49-50,53-54H,5-30,33-36,41-42H2,1-4H3. The molecule has 0 bridgehead atoms. The minimum absolute atomic E-state index is 0.479. The van der Waals surface area contributed by atoms with Crippen LogP contribution in [0.25, 0.3) is 0 Å². The summed E-state index contributed by atoms with van der Waals surface area (Å²) in [6, 6.07) is 14.2. The van der Waals surface area contributed by atoms with E-state index in [0.717, 1.165) is 61.7 Å². The summed E-state index contributed by atoms with van der Waals surface area (Å²) in [5, 5.41) is 0. The quantitative estimate of drug-likeness (QED) is 0.0488. The predicted octanol–water partition coefficient (Wildman–Crippen LogP) is 17.4. The van der Waals surface area contributed by atoms with Gasteiger partial charge in [0.25, 0.3) is 0 Å². The van der Waals surface area contributed by atoms with Crippen LogP contribution in [0.4, 0.5) is 0 Å². The second-order valence-electron chi connectivity index (χ2n) is 20.7. The van der Waals surface area contributed by atoms with Gasteiger partial charge in [-0.1, -0.05) is 142 Å². The van der Waals surface area contributed by atoms with E-state index in [0.29, 0.717) is 23.7 Å². The third kappa shape index (κ3) is 17.5. The predicted molar refractivity (Wildman–Crippen MR) is 274 cm³/mol. The Hall–Kier alpha value is -3.60. The molecular formula is C60H90N4O. The second kappa shape index (κ2) is 29.2. The minimum Gasteiger partial charge on any atom is -0.457 e. The molecule has 6 rings (SSSR count). The molecule has 0 unspecified atom stereocenters. The zero-order chi connectivity index (χ0) is 45.3. The highest BCUT2D eigenvalue weighted by Gasteiger charge is 2.27. The summed E-state index contributed by atoms with van der Waals surface area (Å²) in [6.45, 7) is 9.17.